The van der Waals surface area contributed by atoms with Gasteiger partial charge < -0.3 is 4.74 Å². The SMILES string of the molecule is CC(C)(C)OC(=O)Nc1ccc(C(=O)NNc2nccnc2Cl)cc1. The van der Waals surface area contributed by atoms with Crippen molar-refractivity contribution in [3.05, 3.63) is 47.4 Å². The number of nitrogens with one attached hydrogen (secondary N) is 3. The molecule has 2 aromatic rings. The van der Waals surface area contributed by atoms with Crippen LogP contribution >= 0.6 is 11.6 Å². The van der Waals surface area contributed by atoms with Gasteiger partial charge >= 0.3 is 6.09 Å². The van der Waals surface area contributed by atoms with Crippen molar-refractivity contribution in [1.82, 2.24) is 15.4 Å². The van der Waals surface area contributed by atoms with Crippen LogP contribution < -0.4 is 16.2 Å². The van der Waals surface area contributed by atoms with Crippen LogP contribution in [0.2, 0.25) is 5.15 Å². The Hall–Kier alpha value is -2.87. The number of anilines is 2. The van der Waals surface area contributed by atoms with Crippen molar-refractivity contribution in [1.29, 1.82) is 0 Å². The standard InChI is InChI=1S/C16H18ClN5O3/c1-16(2,3)25-15(24)20-11-6-4-10(5-7-11)14(23)22-21-13-12(17)18-8-9-19-13/h4-9H,1-3H3,(H,19,21)(H,20,24)(H,22,23). The van der Waals surface area contributed by atoms with Crippen LogP contribution in [-0.2, 0) is 4.74 Å². The van der Waals surface area contributed by atoms with E-state index >= 15 is 0 Å². The Morgan fingerprint density at radius 1 is 1.08 bits per heavy atom. The molecule has 3 N–H and O–H groups in total. The van der Waals surface area contributed by atoms with Crippen LogP contribution in [0.3, 0.4) is 0 Å². The fourth-order valence-electron chi connectivity index (χ4n) is 1.72. The minimum absolute atomic E-state index is 0.139. The number of halogens is 1. The molecule has 0 unspecified atom stereocenters. The number of rotatable bonds is 4. The molecule has 0 radical (unpaired) electrons. The third kappa shape index (κ3) is 5.92. The van der Waals surface area contributed by atoms with Crippen molar-refractivity contribution in [2.24, 2.45) is 0 Å². The zero-order chi connectivity index (χ0) is 18.4. The fraction of sp³-hybridized carbons (Fsp3) is 0.250. The number of hydrazine groups is 1. The normalized spacial score (nSPS) is 10.7. The van der Waals surface area contributed by atoms with Crippen LogP contribution in [0.5, 0.6) is 0 Å². The van der Waals surface area contributed by atoms with Gasteiger partial charge in [-0.3, -0.25) is 21.0 Å². The first-order valence-corrected chi connectivity index (χ1v) is 7.75. The molecule has 132 valence electrons. The van der Waals surface area contributed by atoms with E-state index in [0.717, 1.165) is 0 Å². The molecule has 0 fully saturated rings. The summed E-state index contributed by atoms with van der Waals surface area (Å²) in [5.74, 6) is -0.161. The molecular weight excluding hydrogens is 346 g/mol. The van der Waals surface area contributed by atoms with Crippen LogP contribution in [0.25, 0.3) is 0 Å². The average Bonchev–Trinajstić information content (AvgIpc) is 2.52. The predicted molar refractivity (Wildman–Crippen MR) is 94.4 cm³/mol. The van der Waals surface area contributed by atoms with Gasteiger partial charge in [0.1, 0.15) is 5.60 Å². The zero-order valence-corrected chi connectivity index (χ0v) is 14.7. The topological polar surface area (TPSA) is 105 Å². The number of benzene rings is 1. The highest BCUT2D eigenvalue weighted by Gasteiger charge is 2.16. The molecule has 0 saturated heterocycles. The molecule has 0 aliphatic rings. The molecule has 2 amide bonds. The van der Waals surface area contributed by atoms with E-state index < -0.39 is 17.6 Å². The maximum Gasteiger partial charge on any atom is 0.412 e. The van der Waals surface area contributed by atoms with Crippen LogP contribution in [0.15, 0.2) is 36.7 Å². The molecule has 1 aromatic heterocycles. The highest BCUT2D eigenvalue weighted by Crippen LogP contribution is 2.14. The molecule has 0 spiro atoms. The second kappa shape index (κ2) is 7.80. The molecule has 1 heterocycles. The summed E-state index contributed by atoms with van der Waals surface area (Å²) < 4.78 is 5.15. The Kier molecular flexibility index (Phi) is 5.76. The summed E-state index contributed by atoms with van der Waals surface area (Å²) in [7, 11) is 0. The monoisotopic (exact) mass is 363 g/mol. The van der Waals surface area contributed by atoms with Crippen molar-refractivity contribution in [2.45, 2.75) is 26.4 Å². The fourth-order valence-corrected chi connectivity index (χ4v) is 1.87. The maximum atomic E-state index is 12.1. The number of carbonyl (C=O) groups is 2. The van der Waals surface area contributed by atoms with Gasteiger partial charge in [0, 0.05) is 23.6 Å². The van der Waals surface area contributed by atoms with Gasteiger partial charge in [0.2, 0.25) is 0 Å². The Morgan fingerprint density at radius 3 is 2.32 bits per heavy atom. The van der Waals surface area contributed by atoms with Gasteiger partial charge in [-0.15, -0.1) is 0 Å². The first-order chi connectivity index (χ1) is 11.7. The number of aromatic nitrogens is 2. The molecule has 0 atom stereocenters. The van der Waals surface area contributed by atoms with Crippen LogP contribution in [-0.4, -0.2) is 27.6 Å². The number of hydrogen-bond donors (Lipinski definition) is 3. The van der Waals surface area contributed by atoms with Gasteiger partial charge in [-0.1, -0.05) is 11.6 Å². The largest absolute Gasteiger partial charge is 0.444 e. The first-order valence-electron chi connectivity index (χ1n) is 7.37. The lowest BCUT2D eigenvalue weighted by Crippen LogP contribution is -2.30. The quantitative estimate of drug-likeness (QED) is 0.720. The van der Waals surface area contributed by atoms with E-state index in [2.05, 4.69) is 26.1 Å². The van der Waals surface area contributed by atoms with E-state index in [1.807, 2.05) is 0 Å². The van der Waals surface area contributed by atoms with E-state index in [1.54, 1.807) is 45.0 Å². The van der Waals surface area contributed by atoms with Gasteiger partial charge in [-0.05, 0) is 45.0 Å². The van der Waals surface area contributed by atoms with E-state index in [0.29, 0.717) is 11.3 Å². The molecule has 0 aliphatic carbocycles. The lowest BCUT2D eigenvalue weighted by atomic mass is 10.2. The Balaban J connectivity index is 1.92. The van der Waals surface area contributed by atoms with Gasteiger partial charge in [0.25, 0.3) is 5.91 Å². The minimum Gasteiger partial charge on any atom is -0.444 e. The number of hydrogen-bond acceptors (Lipinski definition) is 6. The summed E-state index contributed by atoms with van der Waals surface area (Å²) in [5.41, 5.74) is 5.35. The number of ether oxygens (including phenoxy) is 1. The molecule has 9 heteroatoms. The number of nitrogens with zero attached hydrogens (tertiary/aromatic N) is 2. The van der Waals surface area contributed by atoms with Crippen LogP contribution in [0, 0.1) is 0 Å². The van der Waals surface area contributed by atoms with Crippen molar-refractivity contribution in [3.8, 4) is 0 Å². The van der Waals surface area contributed by atoms with Crippen molar-refractivity contribution < 1.29 is 14.3 Å². The van der Waals surface area contributed by atoms with Crippen LogP contribution in [0.1, 0.15) is 31.1 Å². The van der Waals surface area contributed by atoms with Crippen LogP contribution in [0.4, 0.5) is 16.3 Å². The first kappa shape index (κ1) is 18.5. The predicted octanol–water partition coefficient (Wildman–Crippen LogP) is 3.23. The van der Waals surface area contributed by atoms with Crippen molar-refractivity contribution in [2.75, 3.05) is 10.7 Å². The Labute approximate surface area is 149 Å². The summed E-state index contributed by atoms with van der Waals surface area (Å²) >= 11 is 5.83. The lowest BCUT2D eigenvalue weighted by Gasteiger charge is -2.19. The third-order valence-electron chi connectivity index (χ3n) is 2.74. The molecule has 2 rings (SSSR count). The molecule has 8 nitrogen and oxygen atoms in total. The molecule has 0 saturated carbocycles. The Morgan fingerprint density at radius 2 is 1.72 bits per heavy atom. The van der Waals surface area contributed by atoms with Gasteiger partial charge in [-0.25, -0.2) is 14.8 Å². The average molecular weight is 364 g/mol. The van der Waals surface area contributed by atoms with Crippen molar-refractivity contribution >= 4 is 35.1 Å². The number of carbonyl (C=O) groups excluding carboxylic acids is 2. The Bertz CT molecular complexity index is 759. The summed E-state index contributed by atoms with van der Waals surface area (Å²) in [4.78, 5) is 31.5. The molecular formula is C16H18ClN5O3. The summed E-state index contributed by atoms with van der Waals surface area (Å²) in [5, 5.41) is 2.72. The molecule has 1 aromatic carbocycles. The minimum atomic E-state index is -0.586. The smallest absolute Gasteiger partial charge is 0.412 e. The van der Waals surface area contributed by atoms with E-state index in [4.69, 9.17) is 16.3 Å². The van der Waals surface area contributed by atoms with Crippen molar-refractivity contribution in [3.63, 3.8) is 0 Å². The van der Waals surface area contributed by atoms with E-state index in [9.17, 15) is 9.59 Å². The van der Waals surface area contributed by atoms with Gasteiger partial charge in [0.15, 0.2) is 11.0 Å². The highest BCUT2D eigenvalue weighted by atomic mass is 35.5. The second-order valence-electron chi connectivity index (χ2n) is 5.98. The van der Waals surface area contributed by atoms with E-state index in [1.165, 1.54) is 12.4 Å². The van der Waals surface area contributed by atoms with Gasteiger partial charge in [0.05, 0.1) is 0 Å². The summed E-state index contributed by atoms with van der Waals surface area (Å²) in [6.45, 7) is 5.32. The molecule has 0 bridgehead atoms. The lowest BCUT2D eigenvalue weighted by molar-refractivity contribution is 0.0636. The molecule has 25 heavy (non-hydrogen) atoms. The maximum absolute atomic E-state index is 12.1. The second-order valence-corrected chi connectivity index (χ2v) is 6.34. The number of amides is 2. The zero-order valence-electron chi connectivity index (χ0n) is 14.0. The third-order valence-corrected chi connectivity index (χ3v) is 3.02. The summed E-state index contributed by atoms with van der Waals surface area (Å²) in [6.07, 6.45) is 2.31. The highest BCUT2D eigenvalue weighted by molar-refractivity contribution is 6.31. The van der Waals surface area contributed by atoms with Gasteiger partial charge in [-0.2, -0.15) is 0 Å². The van der Waals surface area contributed by atoms with E-state index in [-0.39, 0.29) is 11.0 Å². The molecule has 0 aliphatic heterocycles. The summed E-state index contributed by atoms with van der Waals surface area (Å²) in [6, 6.07) is 6.30.